The lowest BCUT2D eigenvalue weighted by atomic mass is 9.73. The Morgan fingerprint density at radius 3 is 2.69 bits per heavy atom. The molecule has 0 spiro atoms. The Balaban J connectivity index is 1.53. The number of nitrogens with one attached hydrogen (secondary N) is 1. The third kappa shape index (κ3) is 5.84. The van der Waals surface area contributed by atoms with E-state index < -0.39 is 0 Å². The van der Waals surface area contributed by atoms with Gasteiger partial charge in [0.25, 0.3) is 0 Å². The number of thioether (sulfide) groups is 1. The predicted octanol–water partition coefficient (Wildman–Crippen LogP) is 0.466. The molecule has 0 radical (unpaired) electrons. The van der Waals surface area contributed by atoms with Crippen molar-refractivity contribution in [2.45, 2.75) is 43.6 Å². The van der Waals surface area contributed by atoms with E-state index in [1.807, 2.05) is 25.9 Å². The number of hydrogen-bond donors (Lipinski definition) is 3. The van der Waals surface area contributed by atoms with Crippen LogP contribution in [0.4, 0.5) is 4.79 Å². The van der Waals surface area contributed by atoms with Gasteiger partial charge in [-0.15, -0.1) is 11.8 Å². The molecule has 32 heavy (non-hydrogen) atoms. The van der Waals surface area contributed by atoms with Gasteiger partial charge in [-0.1, -0.05) is 0 Å². The summed E-state index contributed by atoms with van der Waals surface area (Å²) in [5, 5.41) is 2.76. The van der Waals surface area contributed by atoms with Gasteiger partial charge in [0.1, 0.15) is 0 Å². The fourth-order valence-corrected chi connectivity index (χ4v) is 6.33. The van der Waals surface area contributed by atoms with Gasteiger partial charge < -0.3 is 31.3 Å². The maximum absolute atomic E-state index is 13.3. The number of carbonyl (C=O) groups is 2. The topological polar surface area (TPSA) is 117 Å². The molecule has 3 aliphatic rings. The fourth-order valence-electron chi connectivity index (χ4n) is 5.05. The molecule has 3 rings (SSSR count). The zero-order valence-corrected chi connectivity index (χ0v) is 20.7. The molecule has 0 bridgehead atoms. The van der Waals surface area contributed by atoms with Crippen LogP contribution in [0.15, 0.2) is 10.5 Å². The average Bonchev–Trinajstić information content (AvgIpc) is 3.02. The second-order valence-corrected chi connectivity index (χ2v) is 10.7. The lowest BCUT2D eigenvalue weighted by Crippen LogP contribution is -2.54. The van der Waals surface area contributed by atoms with Gasteiger partial charge in [0.15, 0.2) is 0 Å². The number of fused-ring (bicyclic) bond motifs is 1. The predicted molar refractivity (Wildman–Crippen MR) is 128 cm³/mol. The molecule has 2 aliphatic heterocycles. The molecule has 0 aromatic carbocycles. The lowest BCUT2D eigenvalue weighted by molar-refractivity contribution is -0.135. The first-order chi connectivity index (χ1) is 15.2. The number of nitrogens with two attached hydrogens (primary N) is 2. The summed E-state index contributed by atoms with van der Waals surface area (Å²) in [7, 11) is 6.06. The maximum atomic E-state index is 13.3. The normalized spacial score (nSPS) is 30.3. The smallest absolute Gasteiger partial charge is 0.324 e. The summed E-state index contributed by atoms with van der Waals surface area (Å²) in [5.41, 5.74) is 13.8. The van der Waals surface area contributed by atoms with Crippen LogP contribution in [0.25, 0.3) is 0 Å². The van der Waals surface area contributed by atoms with Crippen LogP contribution in [-0.4, -0.2) is 105 Å². The summed E-state index contributed by atoms with van der Waals surface area (Å²) in [5.74, 6) is 0.0834. The molecule has 1 saturated heterocycles. The van der Waals surface area contributed by atoms with Crippen molar-refractivity contribution in [3.8, 4) is 0 Å². The number of imide groups is 1. The minimum absolute atomic E-state index is 0.0611. The quantitative estimate of drug-likeness (QED) is 0.440. The van der Waals surface area contributed by atoms with E-state index in [-0.39, 0.29) is 29.3 Å². The first kappa shape index (κ1) is 25.5. The molecule has 0 aromatic rings. The molecule has 0 aromatic heterocycles. The van der Waals surface area contributed by atoms with Crippen molar-refractivity contribution in [2.75, 3.05) is 60.5 Å². The fraction of sp³-hybridized carbons (Fsp3) is 0.818. The number of carbonyl (C=O) groups excluding carboxylic acids is 2. The molecular weight excluding hydrogens is 428 g/mol. The minimum atomic E-state index is -0.340. The number of piperidine rings is 1. The number of rotatable bonds is 8. The number of hydrogen-bond acceptors (Lipinski definition) is 8. The van der Waals surface area contributed by atoms with Crippen molar-refractivity contribution in [1.29, 1.82) is 0 Å². The molecular formula is C22H40N6O3S. The van der Waals surface area contributed by atoms with Crippen molar-refractivity contribution >= 4 is 23.7 Å². The van der Waals surface area contributed by atoms with Gasteiger partial charge in [0, 0.05) is 32.2 Å². The number of likely N-dealkylation sites (tertiary alicyclic amines) is 1. The molecule has 5 N–H and O–H groups in total. The van der Waals surface area contributed by atoms with Crippen LogP contribution in [0, 0.1) is 11.8 Å². The van der Waals surface area contributed by atoms with Crippen LogP contribution in [0.5, 0.6) is 0 Å². The Kier molecular flexibility index (Phi) is 8.99. The second-order valence-electron chi connectivity index (χ2n) is 9.39. The Bertz CT molecular complexity index is 718. The van der Waals surface area contributed by atoms with Crippen molar-refractivity contribution < 1.29 is 14.3 Å². The maximum Gasteiger partial charge on any atom is 0.324 e. The number of amides is 3. The first-order valence-corrected chi connectivity index (χ1v) is 12.5. The van der Waals surface area contributed by atoms with Gasteiger partial charge in [-0.2, -0.15) is 0 Å². The molecule has 0 saturated carbocycles. The number of urea groups is 1. The van der Waals surface area contributed by atoms with Gasteiger partial charge in [0.05, 0.1) is 30.5 Å². The average molecular weight is 469 g/mol. The molecule has 1 fully saturated rings. The SMILES string of the molecule is CCN(C(=O)NCCOCCN(C)C)C(=O)[C@@H]1C[C@@H]2CC3=C(C[C@H]2N(C)C1)SC(N)C3N. The standard InChI is InChI=1S/C22H40N6O3S/c1-5-28(22(30)25-6-8-31-9-7-26(2)3)21(29)15-10-14-11-16-18(32-20(24)19(16)23)12-17(14)27(4)13-15/h14-15,17,19-20H,5-13,23-24H2,1-4H3,(H,25,30)/t14-,15-,17-,19?,20?/m1/s1. The third-order valence-corrected chi connectivity index (χ3v) is 8.14. The molecule has 2 unspecified atom stereocenters. The highest BCUT2D eigenvalue weighted by molar-refractivity contribution is 8.04. The van der Waals surface area contributed by atoms with Gasteiger partial charge in [0.2, 0.25) is 5.91 Å². The van der Waals surface area contributed by atoms with Crippen LogP contribution >= 0.6 is 11.8 Å². The zero-order valence-electron chi connectivity index (χ0n) is 19.9. The van der Waals surface area contributed by atoms with Gasteiger partial charge in [-0.05, 0) is 63.7 Å². The Morgan fingerprint density at radius 2 is 2.00 bits per heavy atom. The van der Waals surface area contributed by atoms with Crippen molar-refractivity contribution in [3.63, 3.8) is 0 Å². The van der Waals surface area contributed by atoms with E-state index in [0.29, 0.717) is 44.8 Å². The summed E-state index contributed by atoms with van der Waals surface area (Å²) in [6.45, 7) is 5.13. The summed E-state index contributed by atoms with van der Waals surface area (Å²) >= 11 is 1.71. The summed E-state index contributed by atoms with van der Waals surface area (Å²) in [6, 6.07) is -0.0199. The van der Waals surface area contributed by atoms with Gasteiger partial charge in [-0.25, -0.2) is 4.79 Å². The highest BCUT2D eigenvalue weighted by Gasteiger charge is 2.45. The monoisotopic (exact) mass is 468 g/mol. The molecule has 10 heteroatoms. The highest BCUT2D eigenvalue weighted by Crippen LogP contribution is 2.48. The van der Waals surface area contributed by atoms with E-state index in [2.05, 4.69) is 17.3 Å². The van der Waals surface area contributed by atoms with Crippen LogP contribution in [0.3, 0.4) is 0 Å². The number of likely N-dealkylation sites (N-methyl/N-ethyl adjacent to an activating group) is 1. The molecule has 5 atom stereocenters. The van der Waals surface area contributed by atoms with Crippen molar-refractivity contribution in [2.24, 2.45) is 23.3 Å². The van der Waals surface area contributed by atoms with Crippen LogP contribution in [0.1, 0.15) is 26.2 Å². The van der Waals surface area contributed by atoms with E-state index in [9.17, 15) is 9.59 Å². The molecule has 2 heterocycles. The molecule has 1 aliphatic carbocycles. The number of ether oxygens (including phenoxy) is 1. The lowest BCUT2D eigenvalue weighted by Gasteiger charge is -2.46. The Morgan fingerprint density at radius 1 is 1.25 bits per heavy atom. The molecule has 9 nitrogen and oxygen atoms in total. The van der Waals surface area contributed by atoms with E-state index in [4.69, 9.17) is 16.2 Å². The third-order valence-electron chi connectivity index (χ3n) is 6.86. The van der Waals surface area contributed by atoms with Gasteiger partial charge >= 0.3 is 6.03 Å². The van der Waals surface area contributed by atoms with E-state index >= 15 is 0 Å². The summed E-state index contributed by atoms with van der Waals surface area (Å²) in [6.07, 6.45) is 2.66. The van der Waals surface area contributed by atoms with Gasteiger partial charge in [-0.3, -0.25) is 9.69 Å². The van der Waals surface area contributed by atoms with Crippen LogP contribution in [-0.2, 0) is 9.53 Å². The zero-order chi connectivity index (χ0) is 23.4. The molecule has 3 amide bonds. The largest absolute Gasteiger partial charge is 0.378 e. The molecule has 182 valence electrons. The van der Waals surface area contributed by atoms with Crippen molar-refractivity contribution in [3.05, 3.63) is 10.5 Å². The van der Waals surface area contributed by atoms with Crippen LogP contribution in [0.2, 0.25) is 0 Å². The van der Waals surface area contributed by atoms with E-state index in [0.717, 1.165) is 25.8 Å². The van der Waals surface area contributed by atoms with Crippen LogP contribution < -0.4 is 16.8 Å². The second kappa shape index (κ2) is 11.3. The van der Waals surface area contributed by atoms with E-state index in [1.54, 1.807) is 11.8 Å². The summed E-state index contributed by atoms with van der Waals surface area (Å²) in [4.78, 5) is 33.0. The Labute approximate surface area is 196 Å². The highest BCUT2D eigenvalue weighted by atomic mass is 32.2. The number of nitrogens with zero attached hydrogens (tertiary/aromatic N) is 3. The first-order valence-electron chi connectivity index (χ1n) is 11.6. The van der Waals surface area contributed by atoms with Crippen molar-refractivity contribution in [1.82, 2.24) is 20.0 Å². The Hall–Kier alpha value is -1.17. The van der Waals surface area contributed by atoms with E-state index in [1.165, 1.54) is 15.4 Å². The summed E-state index contributed by atoms with van der Waals surface area (Å²) < 4.78 is 5.52. The minimum Gasteiger partial charge on any atom is -0.378 e.